The number of benzene rings is 3. The van der Waals surface area contributed by atoms with Crippen molar-refractivity contribution in [1.29, 1.82) is 0 Å². The standard InChI is InChI=1S/C24H22ClF3O6S/c1-13-11-15-12-17(34-35(31,32)24(26,27)28)9-10-18(15)20(14-5-7-16(25)8-6-14)19(13)21(22(29)30)33-23(2,3)4/h5-12,21H,1-4H3,(H,29,30). The largest absolute Gasteiger partial charge is 0.534 e. The van der Waals surface area contributed by atoms with Crippen LogP contribution in [0.25, 0.3) is 21.9 Å². The Balaban J connectivity index is 2.32. The predicted molar refractivity (Wildman–Crippen MR) is 126 cm³/mol. The van der Waals surface area contributed by atoms with Gasteiger partial charge in [0.15, 0.2) is 6.10 Å². The Morgan fingerprint density at radius 1 is 1.03 bits per heavy atom. The Morgan fingerprint density at radius 2 is 1.63 bits per heavy atom. The molecule has 0 aromatic heterocycles. The van der Waals surface area contributed by atoms with Gasteiger partial charge >= 0.3 is 21.6 Å². The summed E-state index contributed by atoms with van der Waals surface area (Å²) in [5, 5.41) is 11.2. The van der Waals surface area contributed by atoms with Crippen molar-refractivity contribution in [3.05, 3.63) is 64.7 Å². The third-order valence-corrected chi connectivity index (χ3v) is 6.17. The van der Waals surface area contributed by atoms with Crippen molar-refractivity contribution >= 4 is 38.5 Å². The molecule has 3 rings (SSSR count). The molecule has 0 saturated carbocycles. The molecule has 1 unspecified atom stereocenters. The van der Waals surface area contributed by atoms with Gasteiger partial charge in [0.05, 0.1) is 5.60 Å². The number of halogens is 4. The fourth-order valence-electron chi connectivity index (χ4n) is 3.62. The smallest absolute Gasteiger partial charge is 0.479 e. The summed E-state index contributed by atoms with van der Waals surface area (Å²) in [5.41, 5.74) is -4.55. The van der Waals surface area contributed by atoms with Gasteiger partial charge in [-0.25, -0.2) is 4.79 Å². The first kappa shape index (κ1) is 26.8. The van der Waals surface area contributed by atoms with E-state index in [4.69, 9.17) is 16.3 Å². The van der Waals surface area contributed by atoms with Gasteiger partial charge in [0.2, 0.25) is 0 Å². The van der Waals surface area contributed by atoms with E-state index in [0.29, 0.717) is 38.0 Å². The molecule has 0 radical (unpaired) electrons. The van der Waals surface area contributed by atoms with Crippen molar-refractivity contribution in [3.8, 4) is 16.9 Å². The quantitative estimate of drug-likeness (QED) is 0.284. The van der Waals surface area contributed by atoms with Gasteiger partial charge in [-0.05, 0) is 79.4 Å². The van der Waals surface area contributed by atoms with Gasteiger partial charge in [-0.1, -0.05) is 35.9 Å². The number of aliphatic carboxylic acids is 1. The number of rotatable bonds is 6. The zero-order valence-electron chi connectivity index (χ0n) is 19.1. The van der Waals surface area contributed by atoms with Gasteiger partial charge in [0.1, 0.15) is 5.75 Å². The average Bonchev–Trinajstić information content (AvgIpc) is 2.70. The molecule has 0 fully saturated rings. The van der Waals surface area contributed by atoms with Crippen LogP contribution >= 0.6 is 11.6 Å². The molecule has 3 aromatic carbocycles. The van der Waals surface area contributed by atoms with E-state index in [-0.39, 0.29) is 0 Å². The Kier molecular flexibility index (Phi) is 7.14. The van der Waals surface area contributed by atoms with Crippen LogP contribution in [0.5, 0.6) is 5.75 Å². The number of hydrogen-bond acceptors (Lipinski definition) is 5. The van der Waals surface area contributed by atoms with E-state index in [1.54, 1.807) is 58.0 Å². The maximum atomic E-state index is 12.8. The molecule has 188 valence electrons. The van der Waals surface area contributed by atoms with Crippen LogP contribution in [0.1, 0.15) is 38.0 Å². The van der Waals surface area contributed by atoms with E-state index in [1.807, 2.05) is 0 Å². The number of carboxylic acid groups (broad SMARTS) is 1. The van der Waals surface area contributed by atoms with Crippen LogP contribution in [0.3, 0.4) is 0 Å². The van der Waals surface area contributed by atoms with E-state index in [2.05, 4.69) is 4.18 Å². The van der Waals surface area contributed by atoms with Crippen LogP contribution in [-0.4, -0.2) is 30.6 Å². The summed E-state index contributed by atoms with van der Waals surface area (Å²) in [4.78, 5) is 12.3. The van der Waals surface area contributed by atoms with Crippen LogP contribution in [0.4, 0.5) is 13.2 Å². The summed E-state index contributed by atoms with van der Waals surface area (Å²) >= 11 is 6.02. The van der Waals surface area contributed by atoms with E-state index >= 15 is 0 Å². The summed E-state index contributed by atoms with van der Waals surface area (Å²) < 4.78 is 71.4. The van der Waals surface area contributed by atoms with Crippen molar-refractivity contribution < 1.29 is 40.4 Å². The summed E-state index contributed by atoms with van der Waals surface area (Å²) in [6, 6.07) is 11.7. The molecule has 1 atom stereocenters. The molecule has 0 aliphatic rings. The highest BCUT2D eigenvalue weighted by Crippen LogP contribution is 2.42. The second kappa shape index (κ2) is 9.33. The summed E-state index contributed by atoms with van der Waals surface area (Å²) in [5.74, 6) is -1.77. The molecule has 3 aromatic rings. The van der Waals surface area contributed by atoms with Crippen LogP contribution in [0, 0.1) is 6.92 Å². The number of fused-ring (bicyclic) bond motifs is 1. The predicted octanol–water partition coefficient (Wildman–Crippen LogP) is 6.64. The van der Waals surface area contributed by atoms with Crippen molar-refractivity contribution in [3.63, 3.8) is 0 Å². The van der Waals surface area contributed by atoms with Crippen LogP contribution in [0.2, 0.25) is 5.02 Å². The van der Waals surface area contributed by atoms with Gasteiger partial charge in [0, 0.05) is 10.6 Å². The minimum atomic E-state index is -5.86. The normalized spacial score (nSPS) is 13.6. The second-order valence-corrected chi connectivity index (χ2v) is 10.8. The first-order chi connectivity index (χ1) is 16.0. The summed E-state index contributed by atoms with van der Waals surface area (Å²) in [6.45, 7) is 6.78. The lowest BCUT2D eigenvalue weighted by Gasteiger charge is -2.28. The zero-order valence-corrected chi connectivity index (χ0v) is 20.7. The molecule has 0 spiro atoms. The summed E-state index contributed by atoms with van der Waals surface area (Å²) in [6.07, 6.45) is -1.37. The highest BCUT2D eigenvalue weighted by molar-refractivity contribution is 7.88. The molecule has 0 bridgehead atoms. The summed E-state index contributed by atoms with van der Waals surface area (Å²) in [7, 11) is -5.86. The molecular weight excluding hydrogens is 509 g/mol. The van der Waals surface area contributed by atoms with Gasteiger partial charge in [0.25, 0.3) is 0 Å². The minimum Gasteiger partial charge on any atom is -0.479 e. The van der Waals surface area contributed by atoms with E-state index < -0.39 is 39.1 Å². The molecule has 35 heavy (non-hydrogen) atoms. The number of aryl methyl sites for hydroxylation is 1. The Bertz CT molecular complexity index is 1380. The number of ether oxygens (including phenoxy) is 1. The monoisotopic (exact) mass is 530 g/mol. The molecule has 0 heterocycles. The molecule has 0 saturated heterocycles. The van der Waals surface area contributed by atoms with Crippen molar-refractivity contribution in [2.45, 2.75) is 44.9 Å². The average molecular weight is 531 g/mol. The SMILES string of the molecule is Cc1cc2cc(OS(=O)(=O)C(F)(F)F)ccc2c(-c2ccc(Cl)cc2)c1C(OC(C)(C)C)C(=O)O. The number of hydrogen-bond donors (Lipinski definition) is 1. The Hall–Kier alpha value is -2.82. The molecule has 11 heteroatoms. The molecular formula is C24H22ClF3O6S. The molecule has 6 nitrogen and oxygen atoms in total. The van der Waals surface area contributed by atoms with Crippen LogP contribution in [-0.2, 0) is 19.6 Å². The van der Waals surface area contributed by atoms with E-state index in [0.717, 1.165) is 12.1 Å². The third kappa shape index (κ3) is 5.88. The van der Waals surface area contributed by atoms with Gasteiger partial charge in [-0.15, -0.1) is 0 Å². The number of alkyl halides is 3. The second-order valence-electron chi connectivity index (χ2n) is 8.80. The highest BCUT2D eigenvalue weighted by Gasteiger charge is 2.48. The maximum Gasteiger partial charge on any atom is 0.534 e. The number of carboxylic acids is 1. The van der Waals surface area contributed by atoms with Crippen molar-refractivity contribution in [2.24, 2.45) is 0 Å². The van der Waals surface area contributed by atoms with Crippen molar-refractivity contribution in [2.75, 3.05) is 0 Å². The zero-order chi connectivity index (χ0) is 26.3. The fraction of sp³-hybridized carbons (Fsp3) is 0.292. The third-order valence-electron chi connectivity index (χ3n) is 4.94. The maximum absolute atomic E-state index is 12.8. The van der Waals surface area contributed by atoms with Gasteiger partial charge in [-0.3, -0.25) is 0 Å². The number of carbonyl (C=O) groups is 1. The molecule has 0 aliphatic heterocycles. The lowest BCUT2D eigenvalue weighted by molar-refractivity contribution is -0.160. The highest BCUT2D eigenvalue weighted by atomic mass is 35.5. The first-order valence-electron chi connectivity index (χ1n) is 10.2. The van der Waals surface area contributed by atoms with Crippen LogP contribution in [0.15, 0.2) is 48.5 Å². The Morgan fingerprint density at radius 3 is 2.14 bits per heavy atom. The molecule has 0 amide bonds. The lowest BCUT2D eigenvalue weighted by atomic mass is 9.87. The Labute approximate surface area is 205 Å². The topological polar surface area (TPSA) is 89.9 Å². The minimum absolute atomic E-state index is 0.339. The molecule has 0 aliphatic carbocycles. The van der Waals surface area contributed by atoms with Gasteiger partial charge < -0.3 is 14.0 Å². The van der Waals surface area contributed by atoms with E-state index in [1.165, 1.54) is 6.07 Å². The lowest BCUT2D eigenvalue weighted by Crippen LogP contribution is -2.28. The fourth-order valence-corrected chi connectivity index (χ4v) is 4.20. The molecule has 1 N–H and O–H groups in total. The van der Waals surface area contributed by atoms with Gasteiger partial charge in [-0.2, -0.15) is 21.6 Å². The van der Waals surface area contributed by atoms with Crippen molar-refractivity contribution in [1.82, 2.24) is 0 Å². The van der Waals surface area contributed by atoms with E-state index in [9.17, 15) is 31.5 Å². The van der Waals surface area contributed by atoms with Crippen LogP contribution < -0.4 is 4.18 Å². The first-order valence-corrected chi connectivity index (χ1v) is 12.0.